The van der Waals surface area contributed by atoms with Crippen LogP contribution < -0.4 is 5.73 Å². The number of hydrogen-bond acceptors (Lipinski definition) is 1. The van der Waals surface area contributed by atoms with Crippen LogP contribution in [0.25, 0.3) is 0 Å². The van der Waals surface area contributed by atoms with Gasteiger partial charge in [-0.1, -0.05) is 0 Å². The molecule has 0 bridgehead atoms. The second kappa shape index (κ2) is 3.73. The van der Waals surface area contributed by atoms with E-state index in [9.17, 15) is 17.6 Å². The fourth-order valence-corrected chi connectivity index (χ4v) is 2.15. The van der Waals surface area contributed by atoms with Crippen LogP contribution in [0.1, 0.15) is 24.8 Å². The van der Waals surface area contributed by atoms with Crippen LogP contribution in [0.5, 0.6) is 0 Å². The van der Waals surface area contributed by atoms with Crippen molar-refractivity contribution in [3.05, 3.63) is 35.1 Å². The quantitative estimate of drug-likeness (QED) is 0.585. The lowest BCUT2D eigenvalue weighted by Gasteiger charge is -2.20. The first-order valence-electron chi connectivity index (χ1n) is 5.02. The van der Waals surface area contributed by atoms with Crippen molar-refractivity contribution in [2.45, 2.75) is 31.0 Å². The van der Waals surface area contributed by atoms with Crippen molar-refractivity contribution in [1.29, 1.82) is 0 Å². The fraction of sp³-hybridized carbons (Fsp3) is 0.455. The van der Waals surface area contributed by atoms with E-state index in [4.69, 9.17) is 5.73 Å². The van der Waals surface area contributed by atoms with Gasteiger partial charge in [0, 0.05) is 18.0 Å². The molecule has 1 aliphatic rings. The van der Waals surface area contributed by atoms with E-state index in [-0.39, 0.29) is 18.9 Å². The van der Waals surface area contributed by atoms with E-state index in [0.717, 1.165) is 12.1 Å². The molecule has 2 unspecified atom stereocenters. The summed E-state index contributed by atoms with van der Waals surface area (Å²) in [5, 5.41) is 0. The zero-order chi connectivity index (χ0) is 11.9. The zero-order valence-electron chi connectivity index (χ0n) is 8.44. The SMILES string of the molecule is NC1CCC(F)(c2ccc(F)c(F)c2F)C1. The minimum atomic E-state index is -1.97. The molecule has 0 amide bonds. The molecule has 0 spiro atoms. The van der Waals surface area contributed by atoms with Crippen molar-refractivity contribution in [2.24, 2.45) is 5.73 Å². The highest BCUT2D eigenvalue weighted by Crippen LogP contribution is 2.43. The van der Waals surface area contributed by atoms with Crippen LogP contribution in [0.2, 0.25) is 0 Å². The number of rotatable bonds is 1. The number of alkyl halides is 1. The van der Waals surface area contributed by atoms with E-state index in [1.165, 1.54) is 0 Å². The van der Waals surface area contributed by atoms with Gasteiger partial charge < -0.3 is 5.73 Å². The third kappa shape index (κ3) is 1.69. The van der Waals surface area contributed by atoms with Crippen molar-refractivity contribution in [3.8, 4) is 0 Å². The van der Waals surface area contributed by atoms with Crippen LogP contribution in [0.3, 0.4) is 0 Å². The van der Waals surface area contributed by atoms with Gasteiger partial charge in [-0.15, -0.1) is 0 Å². The molecule has 16 heavy (non-hydrogen) atoms. The van der Waals surface area contributed by atoms with E-state index >= 15 is 0 Å². The second-order valence-corrected chi connectivity index (χ2v) is 4.19. The molecule has 0 saturated heterocycles. The first-order valence-corrected chi connectivity index (χ1v) is 5.02. The van der Waals surface area contributed by atoms with E-state index in [1.807, 2.05) is 0 Å². The summed E-state index contributed by atoms with van der Waals surface area (Å²) in [5.74, 6) is -4.39. The van der Waals surface area contributed by atoms with Gasteiger partial charge in [-0.05, 0) is 25.0 Å². The van der Waals surface area contributed by atoms with Crippen molar-refractivity contribution in [2.75, 3.05) is 0 Å². The summed E-state index contributed by atoms with van der Waals surface area (Å²) in [6.45, 7) is 0. The highest BCUT2D eigenvalue weighted by molar-refractivity contribution is 5.28. The summed E-state index contributed by atoms with van der Waals surface area (Å²) >= 11 is 0. The van der Waals surface area contributed by atoms with Gasteiger partial charge in [0.1, 0.15) is 5.67 Å². The molecule has 0 radical (unpaired) electrons. The van der Waals surface area contributed by atoms with Gasteiger partial charge in [-0.25, -0.2) is 17.6 Å². The first kappa shape index (κ1) is 11.4. The van der Waals surface area contributed by atoms with E-state index in [2.05, 4.69) is 0 Å². The zero-order valence-corrected chi connectivity index (χ0v) is 8.44. The molecule has 88 valence electrons. The molecule has 1 aromatic carbocycles. The predicted octanol–water partition coefficient (Wildman–Crippen LogP) is 2.78. The summed E-state index contributed by atoms with van der Waals surface area (Å²) in [6.07, 6.45) is 0.389. The third-order valence-corrected chi connectivity index (χ3v) is 3.02. The number of nitrogens with two attached hydrogens (primary N) is 1. The molecule has 0 aliphatic heterocycles. The molecule has 1 fully saturated rings. The Labute approximate surface area is 90.3 Å². The van der Waals surface area contributed by atoms with Gasteiger partial charge in [0.2, 0.25) is 0 Å². The molecule has 1 aliphatic carbocycles. The van der Waals surface area contributed by atoms with Gasteiger partial charge in [0.25, 0.3) is 0 Å². The highest BCUT2D eigenvalue weighted by atomic mass is 19.2. The lowest BCUT2D eigenvalue weighted by molar-refractivity contribution is 0.164. The summed E-state index contributed by atoms with van der Waals surface area (Å²) in [7, 11) is 0. The average Bonchev–Trinajstić information content (AvgIpc) is 2.56. The molecule has 1 aromatic rings. The van der Waals surface area contributed by atoms with E-state index in [0.29, 0.717) is 6.42 Å². The highest BCUT2D eigenvalue weighted by Gasteiger charge is 2.42. The van der Waals surface area contributed by atoms with Crippen molar-refractivity contribution < 1.29 is 17.6 Å². The van der Waals surface area contributed by atoms with Crippen LogP contribution in [0, 0.1) is 17.5 Å². The maximum absolute atomic E-state index is 14.3. The molecule has 2 rings (SSSR count). The molecule has 0 heterocycles. The van der Waals surface area contributed by atoms with Crippen molar-refractivity contribution in [3.63, 3.8) is 0 Å². The van der Waals surface area contributed by atoms with Crippen molar-refractivity contribution >= 4 is 0 Å². The lowest BCUT2D eigenvalue weighted by Crippen LogP contribution is -2.23. The Bertz CT molecular complexity index is 421. The van der Waals surface area contributed by atoms with Crippen LogP contribution in [0.4, 0.5) is 17.6 Å². The molecular weight excluding hydrogens is 222 g/mol. The van der Waals surface area contributed by atoms with Gasteiger partial charge in [0.05, 0.1) is 0 Å². The van der Waals surface area contributed by atoms with Crippen molar-refractivity contribution in [1.82, 2.24) is 0 Å². The Hall–Kier alpha value is -1.10. The maximum Gasteiger partial charge on any atom is 0.194 e. The van der Waals surface area contributed by atoms with Gasteiger partial charge in [-0.3, -0.25) is 0 Å². The summed E-state index contributed by atoms with van der Waals surface area (Å²) in [4.78, 5) is 0. The Morgan fingerprint density at radius 3 is 2.44 bits per heavy atom. The summed E-state index contributed by atoms with van der Waals surface area (Å²) in [5.41, 5.74) is 3.13. The summed E-state index contributed by atoms with van der Waals surface area (Å²) < 4.78 is 53.3. The maximum atomic E-state index is 14.3. The monoisotopic (exact) mass is 233 g/mol. The number of benzene rings is 1. The van der Waals surface area contributed by atoms with Crippen LogP contribution in [-0.2, 0) is 5.67 Å². The number of halogens is 4. The molecule has 5 heteroatoms. The van der Waals surface area contributed by atoms with Gasteiger partial charge in [0.15, 0.2) is 17.5 Å². The summed E-state index contributed by atoms with van der Waals surface area (Å²) in [6, 6.07) is 1.32. The number of hydrogen-bond donors (Lipinski definition) is 1. The third-order valence-electron chi connectivity index (χ3n) is 3.02. The Balaban J connectivity index is 2.45. The first-order chi connectivity index (χ1) is 7.44. The predicted molar refractivity (Wildman–Crippen MR) is 50.9 cm³/mol. The molecule has 1 saturated carbocycles. The molecular formula is C11H11F4N. The van der Waals surface area contributed by atoms with Gasteiger partial charge >= 0.3 is 0 Å². The molecule has 0 aromatic heterocycles. The normalized spacial score (nSPS) is 29.7. The largest absolute Gasteiger partial charge is 0.328 e. The standard InChI is InChI=1S/C11H11F4N/c12-8-2-1-7(9(13)10(8)14)11(15)4-3-6(16)5-11/h1-2,6H,3-5,16H2. The van der Waals surface area contributed by atoms with Crippen LogP contribution >= 0.6 is 0 Å². The molecule has 2 N–H and O–H groups in total. The minimum Gasteiger partial charge on any atom is -0.328 e. The lowest BCUT2D eigenvalue weighted by atomic mass is 9.93. The van der Waals surface area contributed by atoms with Crippen LogP contribution in [-0.4, -0.2) is 6.04 Å². The topological polar surface area (TPSA) is 26.0 Å². The average molecular weight is 233 g/mol. The molecule has 2 atom stereocenters. The Kier molecular flexibility index (Phi) is 2.66. The minimum absolute atomic E-state index is 0.0379. The van der Waals surface area contributed by atoms with E-state index in [1.54, 1.807) is 0 Å². The second-order valence-electron chi connectivity index (χ2n) is 4.19. The van der Waals surface area contributed by atoms with E-state index < -0.39 is 28.7 Å². The Morgan fingerprint density at radius 2 is 1.88 bits per heavy atom. The molecule has 1 nitrogen and oxygen atoms in total. The smallest absolute Gasteiger partial charge is 0.194 e. The van der Waals surface area contributed by atoms with Gasteiger partial charge in [-0.2, -0.15) is 0 Å². The van der Waals surface area contributed by atoms with Crippen LogP contribution in [0.15, 0.2) is 12.1 Å². The Morgan fingerprint density at radius 1 is 1.19 bits per heavy atom. The fourth-order valence-electron chi connectivity index (χ4n) is 2.15.